The van der Waals surface area contributed by atoms with Crippen LogP contribution in [0.2, 0.25) is 0 Å². The zero-order valence-electron chi connectivity index (χ0n) is 14.2. The summed E-state index contributed by atoms with van der Waals surface area (Å²) in [7, 11) is 3.21. The molecule has 1 unspecified atom stereocenters. The summed E-state index contributed by atoms with van der Waals surface area (Å²) in [6, 6.07) is 13.1. The maximum Gasteiger partial charge on any atom is 0.307 e. The summed E-state index contributed by atoms with van der Waals surface area (Å²) in [5, 5.41) is 0. The van der Waals surface area contributed by atoms with Gasteiger partial charge in [-0.3, -0.25) is 4.79 Å². The van der Waals surface area contributed by atoms with Gasteiger partial charge in [0.05, 0.1) is 27.2 Å². The second-order valence-corrected chi connectivity index (χ2v) is 5.31. The average molecular weight is 329 g/mol. The molecule has 0 aliphatic heterocycles. The lowest BCUT2D eigenvalue weighted by molar-refractivity contribution is -0.143. The lowest BCUT2D eigenvalue weighted by atomic mass is 9.98. The predicted octanol–water partition coefficient (Wildman–Crippen LogP) is 3.32. The minimum atomic E-state index is -0.399. The lowest BCUT2D eigenvalue weighted by Crippen LogP contribution is -2.17. The quantitative estimate of drug-likeness (QED) is 0.789. The summed E-state index contributed by atoms with van der Waals surface area (Å²) >= 11 is 0. The molecule has 0 saturated heterocycles. The number of carbonyl (C=O) groups excluding carboxylic acids is 1. The van der Waals surface area contributed by atoms with E-state index >= 15 is 0 Å². The fourth-order valence-electron chi connectivity index (χ4n) is 2.48. The number of nitrogens with two attached hydrogens (primary N) is 1. The molecule has 0 saturated carbocycles. The van der Waals surface area contributed by atoms with Crippen LogP contribution in [0, 0.1) is 0 Å². The highest BCUT2D eigenvalue weighted by atomic mass is 16.5. The number of methoxy groups -OCH3 is 2. The van der Waals surface area contributed by atoms with Crippen molar-refractivity contribution in [1.29, 1.82) is 0 Å². The second kappa shape index (κ2) is 8.36. The van der Waals surface area contributed by atoms with Gasteiger partial charge in [-0.2, -0.15) is 0 Å². The summed E-state index contributed by atoms with van der Waals surface area (Å²) in [6.45, 7) is 2.14. The minimum Gasteiger partial charge on any atom is -0.493 e. The Hall–Kier alpha value is -2.53. The maximum atomic E-state index is 11.6. The van der Waals surface area contributed by atoms with E-state index in [1.807, 2.05) is 42.5 Å². The van der Waals surface area contributed by atoms with Gasteiger partial charge < -0.3 is 19.9 Å². The molecule has 2 aromatic rings. The third kappa shape index (κ3) is 4.26. The molecular formula is C19H23NO4. The van der Waals surface area contributed by atoms with Gasteiger partial charge in [0.25, 0.3) is 0 Å². The molecule has 24 heavy (non-hydrogen) atoms. The summed E-state index contributed by atoms with van der Waals surface area (Å²) < 4.78 is 15.6. The molecule has 2 aromatic carbocycles. The molecule has 2 N–H and O–H groups in total. The van der Waals surface area contributed by atoms with Crippen LogP contribution in [-0.2, 0) is 9.53 Å². The summed E-state index contributed by atoms with van der Waals surface area (Å²) in [5.74, 6) is 1.05. The van der Waals surface area contributed by atoms with E-state index in [1.54, 1.807) is 21.1 Å². The highest BCUT2D eigenvalue weighted by Gasteiger charge is 2.14. The standard InChI is InChI=1S/C19H23NO4/c1-4-24-19(21)12-16(20)15-7-5-6-13(10-15)14-8-9-17(22-2)18(11-14)23-3/h5-11,16H,4,12,20H2,1-3H3. The maximum absolute atomic E-state index is 11.6. The van der Waals surface area contributed by atoms with Crippen molar-refractivity contribution in [1.82, 2.24) is 0 Å². The number of ether oxygens (including phenoxy) is 3. The lowest BCUT2D eigenvalue weighted by Gasteiger charge is -2.14. The van der Waals surface area contributed by atoms with Gasteiger partial charge in [-0.25, -0.2) is 0 Å². The monoisotopic (exact) mass is 329 g/mol. The molecule has 0 heterocycles. The molecule has 0 spiro atoms. The molecule has 1 atom stereocenters. The largest absolute Gasteiger partial charge is 0.493 e. The number of hydrogen-bond acceptors (Lipinski definition) is 5. The number of benzene rings is 2. The van der Waals surface area contributed by atoms with Crippen LogP contribution in [0.4, 0.5) is 0 Å². The minimum absolute atomic E-state index is 0.156. The number of esters is 1. The zero-order valence-corrected chi connectivity index (χ0v) is 14.2. The van der Waals surface area contributed by atoms with Gasteiger partial charge in [-0.15, -0.1) is 0 Å². The van der Waals surface area contributed by atoms with Crippen LogP contribution < -0.4 is 15.2 Å². The molecule has 0 radical (unpaired) electrons. The Morgan fingerprint density at radius 2 is 1.75 bits per heavy atom. The van der Waals surface area contributed by atoms with Crippen LogP contribution in [0.1, 0.15) is 24.9 Å². The molecule has 0 bridgehead atoms. The highest BCUT2D eigenvalue weighted by molar-refractivity contribution is 5.71. The first-order chi connectivity index (χ1) is 11.6. The normalized spacial score (nSPS) is 11.7. The Morgan fingerprint density at radius 3 is 2.42 bits per heavy atom. The first-order valence-electron chi connectivity index (χ1n) is 7.82. The van der Waals surface area contributed by atoms with Crippen LogP contribution >= 0.6 is 0 Å². The van der Waals surface area contributed by atoms with Crippen LogP contribution in [-0.4, -0.2) is 26.8 Å². The predicted molar refractivity (Wildman–Crippen MR) is 93.2 cm³/mol. The molecular weight excluding hydrogens is 306 g/mol. The van der Waals surface area contributed by atoms with Crippen molar-refractivity contribution in [2.75, 3.05) is 20.8 Å². The third-order valence-corrected chi connectivity index (χ3v) is 3.72. The van der Waals surface area contributed by atoms with Crippen molar-refractivity contribution < 1.29 is 19.0 Å². The molecule has 5 heteroatoms. The van der Waals surface area contributed by atoms with E-state index in [0.29, 0.717) is 18.1 Å². The average Bonchev–Trinajstić information content (AvgIpc) is 2.61. The fourth-order valence-corrected chi connectivity index (χ4v) is 2.48. The topological polar surface area (TPSA) is 70.8 Å². The van der Waals surface area contributed by atoms with Gasteiger partial charge in [0.1, 0.15) is 0 Å². The third-order valence-electron chi connectivity index (χ3n) is 3.72. The Morgan fingerprint density at radius 1 is 1.04 bits per heavy atom. The van der Waals surface area contributed by atoms with Gasteiger partial charge in [0.15, 0.2) is 11.5 Å². The Balaban J connectivity index is 2.25. The van der Waals surface area contributed by atoms with Crippen molar-refractivity contribution >= 4 is 5.97 Å². The van der Waals surface area contributed by atoms with E-state index in [1.165, 1.54) is 0 Å². The van der Waals surface area contributed by atoms with Crippen LogP contribution in [0.25, 0.3) is 11.1 Å². The molecule has 0 aliphatic carbocycles. The molecule has 0 aromatic heterocycles. The van der Waals surface area contributed by atoms with Gasteiger partial charge >= 0.3 is 5.97 Å². The molecule has 128 valence electrons. The Kier molecular flexibility index (Phi) is 6.21. The number of hydrogen-bond donors (Lipinski definition) is 1. The van der Waals surface area contributed by atoms with Crippen molar-refractivity contribution in [2.24, 2.45) is 5.73 Å². The highest BCUT2D eigenvalue weighted by Crippen LogP contribution is 2.33. The molecule has 0 fully saturated rings. The Labute approximate surface area is 142 Å². The van der Waals surface area contributed by atoms with Gasteiger partial charge in [0, 0.05) is 6.04 Å². The van der Waals surface area contributed by atoms with Crippen molar-refractivity contribution in [3.8, 4) is 22.6 Å². The van der Waals surface area contributed by atoms with Crippen molar-refractivity contribution in [3.63, 3.8) is 0 Å². The summed E-state index contributed by atoms with van der Waals surface area (Å²) in [6.07, 6.45) is 0.156. The first kappa shape index (κ1) is 17.8. The van der Waals surface area contributed by atoms with Gasteiger partial charge in [-0.05, 0) is 41.8 Å². The van der Waals surface area contributed by atoms with Crippen LogP contribution in [0.3, 0.4) is 0 Å². The van der Waals surface area contributed by atoms with E-state index < -0.39 is 6.04 Å². The van der Waals surface area contributed by atoms with E-state index in [9.17, 15) is 4.79 Å². The Bertz CT molecular complexity index is 700. The first-order valence-corrected chi connectivity index (χ1v) is 7.82. The number of carbonyl (C=O) groups is 1. The van der Waals surface area contributed by atoms with Crippen LogP contribution in [0.15, 0.2) is 42.5 Å². The van der Waals surface area contributed by atoms with Gasteiger partial charge in [-0.1, -0.05) is 24.3 Å². The summed E-state index contributed by atoms with van der Waals surface area (Å²) in [4.78, 5) is 11.6. The van der Waals surface area contributed by atoms with E-state index in [2.05, 4.69) is 0 Å². The molecule has 0 amide bonds. The zero-order chi connectivity index (χ0) is 17.5. The molecule has 5 nitrogen and oxygen atoms in total. The second-order valence-electron chi connectivity index (χ2n) is 5.31. The number of rotatable bonds is 7. The summed E-state index contributed by atoms with van der Waals surface area (Å²) in [5.41, 5.74) is 8.99. The van der Waals surface area contributed by atoms with E-state index in [0.717, 1.165) is 16.7 Å². The SMILES string of the molecule is CCOC(=O)CC(N)c1cccc(-c2ccc(OC)c(OC)c2)c1. The molecule has 0 aliphatic rings. The van der Waals surface area contributed by atoms with E-state index in [-0.39, 0.29) is 12.4 Å². The van der Waals surface area contributed by atoms with E-state index in [4.69, 9.17) is 19.9 Å². The smallest absolute Gasteiger partial charge is 0.307 e. The fraction of sp³-hybridized carbons (Fsp3) is 0.316. The van der Waals surface area contributed by atoms with Gasteiger partial charge in [0.2, 0.25) is 0 Å². The molecule has 2 rings (SSSR count). The van der Waals surface area contributed by atoms with Crippen molar-refractivity contribution in [2.45, 2.75) is 19.4 Å². The van der Waals surface area contributed by atoms with Crippen molar-refractivity contribution in [3.05, 3.63) is 48.0 Å². The van der Waals surface area contributed by atoms with Crippen LogP contribution in [0.5, 0.6) is 11.5 Å².